The molecule has 84 valence electrons. The number of benzene rings is 1. The Morgan fingerprint density at radius 2 is 1.94 bits per heavy atom. The molecule has 0 saturated carbocycles. The molecule has 0 aliphatic carbocycles. The predicted molar refractivity (Wildman–Crippen MR) is 75.5 cm³/mol. The summed E-state index contributed by atoms with van der Waals surface area (Å²) < 4.78 is 1.11. The average Bonchev–Trinajstić information content (AvgIpc) is 2.68. The normalized spacial score (nSPS) is 12.7. The summed E-state index contributed by atoms with van der Waals surface area (Å²) in [6.45, 7) is 2.11. The quantitative estimate of drug-likeness (QED) is 0.670. The molecule has 0 amide bonds. The fourth-order valence-corrected chi connectivity index (χ4v) is 3.29. The van der Waals surface area contributed by atoms with Gasteiger partial charge in [-0.2, -0.15) is 11.3 Å². The van der Waals surface area contributed by atoms with Crippen LogP contribution in [0.25, 0.3) is 0 Å². The van der Waals surface area contributed by atoms with Gasteiger partial charge in [0.2, 0.25) is 0 Å². The molecule has 0 aliphatic heterocycles. The maximum absolute atomic E-state index is 6.42. The standard InChI is InChI=1S/C13H12BrClS/c1-9-7-16-8-12(9)13(15)6-10-2-4-11(14)5-3-10/h2-5,7-8,13H,6H2,1H3. The molecule has 2 rings (SSSR count). The highest BCUT2D eigenvalue weighted by Crippen LogP contribution is 2.30. The van der Waals surface area contributed by atoms with Gasteiger partial charge >= 0.3 is 0 Å². The Morgan fingerprint density at radius 1 is 1.25 bits per heavy atom. The van der Waals surface area contributed by atoms with Crippen molar-refractivity contribution >= 4 is 38.9 Å². The van der Waals surface area contributed by atoms with Gasteiger partial charge in [-0.15, -0.1) is 11.6 Å². The molecular formula is C13H12BrClS. The summed E-state index contributed by atoms with van der Waals surface area (Å²) in [5, 5.41) is 4.37. The van der Waals surface area contributed by atoms with Crippen LogP contribution in [0.1, 0.15) is 22.1 Å². The number of rotatable bonds is 3. The highest BCUT2D eigenvalue weighted by atomic mass is 79.9. The Bertz CT molecular complexity index is 461. The molecule has 0 fully saturated rings. The van der Waals surface area contributed by atoms with Gasteiger partial charge in [-0.1, -0.05) is 28.1 Å². The first-order valence-corrected chi connectivity index (χ1v) is 7.25. The summed E-state index contributed by atoms with van der Waals surface area (Å²) in [5.41, 5.74) is 3.82. The zero-order valence-corrected chi connectivity index (χ0v) is 12.1. The van der Waals surface area contributed by atoms with E-state index >= 15 is 0 Å². The molecule has 0 radical (unpaired) electrons. The summed E-state index contributed by atoms with van der Waals surface area (Å²) in [6, 6.07) is 8.33. The molecule has 0 N–H and O–H groups in total. The third-order valence-corrected chi connectivity index (χ3v) is 4.36. The first-order valence-electron chi connectivity index (χ1n) is 5.08. The molecule has 1 heterocycles. The van der Waals surface area contributed by atoms with Crippen molar-refractivity contribution in [1.29, 1.82) is 0 Å². The molecule has 0 saturated heterocycles. The Hall–Kier alpha value is -0.310. The zero-order chi connectivity index (χ0) is 11.5. The molecule has 0 nitrogen and oxygen atoms in total. The molecule has 1 aromatic heterocycles. The van der Waals surface area contributed by atoms with Crippen LogP contribution in [-0.2, 0) is 6.42 Å². The van der Waals surface area contributed by atoms with Crippen LogP contribution in [0.15, 0.2) is 39.5 Å². The van der Waals surface area contributed by atoms with Crippen molar-refractivity contribution in [2.75, 3.05) is 0 Å². The summed E-state index contributed by atoms with van der Waals surface area (Å²) in [5.74, 6) is 0. The van der Waals surface area contributed by atoms with Crippen LogP contribution in [0.3, 0.4) is 0 Å². The molecule has 3 heteroatoms. The lowest BCUT2D eigenvalue weighted by Crippen LogP contribution is -1.95. The summed E-state index contributed by atoms with van der Waals surface area (Å²) >= 11 is 11.6. The molecule has 0 spiro atoms. The molecule has 1 unspecified atom stereocenters. The van der Waals surface area contributed by atoms with Gasteiger partial charge < -0.3 is 0 Å². The number of alkyl halides is 1. The summed E-state index contributed by atoms with van der Waals surface area (Å²) in [6.07, 6.45) is 0.881. The third-order valence-electron chi connectivity index (χ3n) is 2.56. The van der Waals surface area contributed by atoms with Crippen molar-refractivity contribution < 1.29 is 0 Å². The summed E-state index contributed by atoms with van der Waals surface area (Å²) in [7, 11) is 0. The Kier molecular flexibility index (Phi) is 4.06. The number of hydrogen-bond acceptors (Lipinski definition) is 1. The van der Waals surface area contributed by atoms with Gasteiger partial charge in [0.25, 0.3) is 0 Å². The van der Waals surface area contributed by atoms with E-state index < -0.39 is 0 Å². The minimum absolute atomic E-state index is 0.0763. The van der Waals surface area contributed by atoms with Crippen LogP contribution in [0.4, 0.5) is 0 Å². The predicted octanol–water partition coefficient (Wildman–Crippen LogP) is 5.34. The van der Waals surface area contributed by atoms with Gasteiger partial charge in [0.05, 0.1) is 5.38 Å². The fraction of sp³-hybridized carbons (Fsp3) is 0.231. The van der Waals surface area contributed by atoms with Crippen molar-refractivity contribution in [3.05, 3.63) is 56.2 Å². The minimum Gasteiger partial charge on any atom is -0.152 e. The van der Waals surface area contributed by atoms with Crippen molar-refractivity contribution in [3.63, 3.8) is 0 Å². The highest BCUT2D eigenvalue weighted by Gasteiger charge is 2.12. The second-order valence-corrected chi connectivity index (χ2v) is 5.99. The van der Waals surface area contributed by atoms with Crippen LogP contribution in [0, 0.1) is 6.92 Å². The van der Waals surface area contributed by atoms with Gasteiger partial charge in [-0.25, -0.2) is 0 Å². The van der Waals surface area contributed by atoms with Gasteiger partial charge in [0.15, 0.2) is 0 Å². The van der Waals surface area contributed by atoms with E-state index in [1.807, 2.05) is 0 Å². The van der Waals surface area contributed by atoms with Crippen molar-refractivity contribution in [1.82, 2.24) is 0 Å². The number of halogens is 2. The van der Waals surface area contributed by atoms with E-state index in [4.69, 9.17) is 11.6 Å². The number of aryl methyl sites for hydroxylation is 1. The van der Waals surface area contributed by atoms with Crippen LogP contribution >= 0.6 is 38.9 Å². The molecule has 2 aromatic rings. The van der Waals surface area contributed by atoms with E-state index in [0.29, 0.717) is 0 Å². The molecule has 0 aliphatic rings. The Morgan fingerprint density at radius 3 is 2.50 bits per heavy atom. The first-order chi connectivity index (χ1) is 7.66. The molecule has 16 heavy (non-hydrogen) atoms. The van der Waals surface area contributed by atoms with Crippen molar-refractivity contribution in [2.45, 2.75) is 18.7 Å². The maximum Gasteiger partial charge on any atom is 0.0636 e. The lowest BCUT2D eigenvalue weighted by atomic mass is 10.0. The topological polar surface area (TPSA) is 0 Å². The van der Waals surface area contributed by atoms with Gasteiger partial charge in [0, 0.05) is 4.47 Å². The van der Waals surface area contributed by atoms with Gasteiger partial charge in [-0.3, -0.25) is 0 Å². The highest BCUT2D eigenvalue weighted by molar-refractivity contribution is 9.10. The van der Waals surface area contributed by atoms with E-state index in [9.17, 15) is 0 Å². The lowest BCUT2D eigenvalue weighted by Gasteiger charge is -2.09. The summed E-state index contributed by atoms with van der Waals surface area (Å²) in [4.78, 5) is 0. The second-order valence-electron chi connectivity index (χ2n) is 3.81. The molecular weight excluding hydrogens is 304 g/mol. The van der Waals surface area contributed by atoms with E-state index in [1.165, 1.54) is 16.7 Å². The molecule has 1 aromatic carbocycles. The van der Waals surface area contributed by atoms with Crippen LogP contribution in [-0.4, -0.2) is 0 Å². The van der Waals surface area contributed by atoms with E-state index in [-0.39, 0.29) is 5.38 Å². The minimum atomic E-state index is 0.0763. The number of hydrogen-bond donors (Lipinski definition) is 0. The average molecular weight is 316 g/mol. The maximum atomic E-state index is 6.42. The second kappa shape index (κ2) is 5.35. The lowest BCUT2D eigenvalue weighted by molar-refractivity contribution is 0.916. The molecule has 0 bridgehead atoms. The van der Waals surface area contributed by atoms with Crippen molar-refractivity contribution in [2.24, 2.45) is 0 Å². The van der Waals surface area contributed by atoms with Crippen molar-refractivity contribution in [3.8, 4) is 0 Å². The Balaban J connectivity index is 2.10. The SMILES string of the molecule is Cc1cscc1C(Cl)Cc1ccc(Br)cc1. The van der Waals surface area contributed by atoms with E-state index in [2.05, 4.69) is 57.9 Å². The van der Waals surface area contributed by atoms with Gasteiger partial charge in [-0.05, 0) is 52.9 Å². The van der Waals surface area contributed by atoms with Gasteiger partial charge in [0.1, 0.15) is 0 Å². The largest absolute Gasteiger partial charge is 0.152 e. The van der Waals surface area contributed by atoms with E-state index in [0.717, 1.165) is 10.9 Å². The van der Waals surface area contributed by atoms with Crippen LogP contribution in [0.5, 0.6) is 0 Å². The first kappa shape index (κ1) is 12.2. The van der Waals surface area contributed by atoms with Crippen LogP contribution < -0.4 is 0 Å². The van der Waals surface area contributed by atoms with E-state index in [1.54, 1.807) is 11.3 Å². The Labute approximate surface area is 113 Å². The third kappa shape index (κ3) is 2.88. The fourth-order valence-electron chi connectivity index (χ4n) is 1.63. The zero-order valence-electron chi connectivity index (χ0n) is 8.91. The monoisotopic (exact) mass is 314 g/mol. The molecule has 1 atom stereocenters. The van der Waals surface area contributed by atoms with Crippen LogP contribution in [0.2, 0.25) is 0 Å². The smallest absolute Gasteiger partial charge is 0.0636 e. The number of thiophene rings is 1.